The van der Waals surface area contributed by atoms with Crippen molar-refractivity contribution in [3.05, 3.63) is 6.33 Å². The van der Waals surface area contributed by atoms with Crippen LogP contribution in [0.3, 0.4) is 0 Å². The first kappa shape index (κ1) is 10.5. The van der Waals surface area contributed by atoms with Crippen molar-refractivity contribution in [2.24, 2.45) is 0 Å². The normalized spacial score (nSPS) is 9.93. The van der Waals surface area contributed by atoms with Gasteiger partial charge in [0.05, 0.1) is 13.7 Å². The molecule has 14 heavy (non-hydrogen) atoms. The average molecular weight is 198 g/mol. The maximum atomic E-state index is 8.77. The molecule has 0 atom stereocenters. The number of hydrogen-bond donors (Lipinski definition) is 2. The van der Waals surface area contributed by atoms with Crippen molar-refractivity contribution in [2.45, 2.75) is 0 Å². The van der Waals surface area contributed by atoms with Gasteiger partial charge in [0.1, 0.15) is 6.33 Å². The number of rotatable bonds is 4. The lowest BCUT2D eigenvalue weighted by molar-refractivity contribution is 0.303. The van der Waals surface area contributed by atoms with E-state index in [1.165, 1.54) is 13.4 Å². The Morgan fingerprint density at radius 1 is 1.57 bits per heavy atom. The van der Waals surface area contributed by atoms with Crippen LogP contribution in [0.25, 0.3) is 0 Å². The zero-order chi connectivity index (χ0) is 10.6. The van der Waals surface area contributed by atoms with Crippen molar-refractivity contribution in [1.29, 1.82) is 0 Å². The number of aromatic nitrogens is 2. The van der Waals surface area contributed by atoms with Gasteiger partial charge in [0.25, 0.3) is 0 Å². The molecule has 78 valence electrons. The van der Waals surface area contributed by atoms with Crippen molar-refractivity contribution in [1.82, 2.24) is 9.97 Å². The van der Waals surface area contributed by atoms with Gasteiger partial charge >= 0.3 is 0 Å². The summed E-state index contributed by atoms with van der Waals surface area (Å²) in [7, 11) is 3.30. The average Bonchev–Trinajstić information content (AvgIpc) is 2.17. The third-order valence-corrected chi connectivity index (χ3v) is 1.81. The molecular formula is C8H14N4O2. The summed E-state index contributed by atoms with van der Waals surface area (Å²) in [4.78, 5) is 9.58. The number of anilines is 2. The second kappa shape index (κ2) is 4.61. The predicted octanol–water partition coefficient (Wildman–Crippen LogP) is -0.504. The maximum Gasteiger partial charge on any atom is 0.204 e. The summed E-state index contributed by atoms with van der Waals surface area (Å²) in [6.45, 7) is 0.510. The van der Waals surface area contributed by atoms with Crippen molar-refractivity contribution in [3.63, 3.8) is 0 Å². The number of hydrogen-bond acceptors (Lipinski definition) is 6. The number of ether oxygens (including phenoxy) is 1. The molecule has 6 nitrogen and oxygen atoms in total. The van der Waals surface area contributed by atoms with Gasteiger partial charge in [-0.05, 0) is 0 Å². The molecule has 0 aliphatic rings. The first-order valence-electron chi connectivity index (χ1n) is 4.17. The molecule has 0 radical (unpaired) electrons. The zero-order valence-electron chi connectivity index (χ0n) is 8.27. The molecule has 0 saturated heterocycles. The number of methoxy groups -OCH3 is 1. The zero-order valence-corrected chi connectivity index (χ0v) is 8.27. The van der Waals surface area contributed by atoms with Gasteiger partial charge < -0.3 is 20.5 Å². The highest BCUT2D eigenvalue weighted by Gasteiger charge is 2.12. The van der Waals surface area contributed by atoms with Gasteiger partial charge in [-0.25, -0.2) is 9.97 Å². The van der Waals surface area contributed by atoms with E-state index in [0.717, 1.165) is 0 Å². The Labute approximate surface area is 82.3 Å². The van der Waals surface area contributed by atoms with Gasteiger partial charge in [-0.15, -0.1) is 0 Å². The molecule has 0 unspecified atom stereocenters. The summed E-state index contributed by atoms with van der Waals surface area (Å²) >= 11 is 0. The monoisotopic (exact) mass is 198 g/mol. The Balaban J connectivity index is 3.00. The first-order chi connectivity index (χ1) is 6.70. The summed E-state index contributed by atoms with van der Waals surface area (Å²) < 4.78 is 5.07. The quantitative estimate of drug-likeness (QED) is 0.678. The maximum absolute atomic E-state index is 8.77. The van der Waals surface area contributed by atoms with Crippen LogP contribution in [-0.2, 0) is 0 Å². The number of nitrogens with zero attached hydrogens (tertiary/aromatic N) is 3. The lowest BCUT2D eigenvalue weighted by Gasteiger charge is -2.19. The van der Waals surface area contributed by atoms with Gasteiger partial charge in [-0.1, -0.05) is 0 Å². The Kier molecular flexibility index (Phi) is 3.47. The molecule has 3 N–H and O–H groups in total. The van der Waals surface area contributed by atoms with E-state index in [4.69, 9.17) is 15.6 Å². The van der Waals surface area contributed by atoms with Crippen molar-refractivity contribution < 1.29 is 9.84 Å². The topological polar surface area (TPSA) is 84.5 Å². The van der Waals surface area contributed by atoms with E-state index in [2.05, 4.69) is 9.97 Å². The Bertz CT molecular complexity index is 305. The minimum atomic E-state index is 0.0452. The molecule has 0 amide bonds. The summed E-state index contributed by atoms with van der Waals surface area (Å²) in [5.41, 5.74) is 5.60. The van der Waals surface area contributed by atoms with Crippen LogP contribution in [0.5, 0.6) is 5.75 Å². The molecule has 0 aliphatic heterocycles. The van der Waals surface area contributed by atoms with Crippen LogP contribution < -0.4 is 15.4 Å². The largest absolute Gasteiger partial charge is 0.490 e. The summed E-state index contributed by atoms with van der Waals surface area (Å²) in [5.74, 6) is 1.31. The van der Waals surface area contributed by atoms with Crippen LogP contribution in [0.4, 0.5) is 11.6 Å². The lowest BCUT2D eigenvalue weighted by Crippen LogP contribution is -2.23. The number of aliphatic hydroxyl groups is 1. The molecule has 1 rings (SSSR count). The van der Waals surface area contributed by atoms with E-state index >= 15 is 0 Å². The minimum absolute atomic E-state index is 0.0452. The number of nitrogens with two attached hydrogens (primary N) is 1. The predicted molar refractivity (Wildman–Crippen MR) is 53.4 cm³/mol. The Morgan fingerprint density at radius 3 is 2.86 bits per heavy atom. The van der Waals surface area contributed by atoms with E-state index in [1.807, 2.05) is 0 Å². The van der Waals surface area contributed by atoms with Crippen molar-refractivity contribution >= 4 is 11.6 Å². The molecule has 0 saturated carbocycles. The molecule has 0 fully saturated rings. The lowest BCUT2D eigenvalue weighted by atomic mass is 10.4. The Hall–Kier alpha value is -1.56. The molecule has 6 heteroatoms. The molecule has 1 aromatic rings. The molecule has 0 spiro atoms. The third-order valence-electron chi connectivity index (χ3n) is 1.81. The molecule has 0 aliphatic carbocycles. The van der Waals surface area contributed by atoms with Crippen LogP contribution in [0.2, 0.25) is 0 Å². The SMILES string of the molecule is COc1c(N)ncnc1N(C)CCO. The highest BCUT2D eigenvalue weighted by atomic mass is 16.5. The molecule has 0 aromatic carbocycles. The molecule has 1 aromatic heterocycles. The van der Waals surface area contributed by atoms with Gasteiger partial charge in [-0.2, -0.15) is 0 Å². The van der Waals surface area contributed by atoms with Crippen molar-refractivity contribution in [2.75, 3.05) is 37.9 Å². The van der Waals surface area contributed by atoms with Gasteiger partial charge in [0.2, 0.25) is 5.75 Å². The summed E-state index contributed by atoms with van der Waals surface area (Å²) in [5, 5.41) is 8.77. The molecular weight excluding hydrogens is 184 g/mol. The fourth-order valence-corrected chi connectivity index (χ4v) is 1.10. The minimum Gasteiger partial charge on any atom is -0.490 e. The third kappa shape index (κ3) is 2.02. The summed E-state index contributed by atoms with van der Waals surface area (Å²) in [6.07, 6.45) is 1.36. The Morgan fingerprint density at radius 2 is 2.29 bits per heavy atom. The second-order valence-corrected chi connectivity index (χ2v) is 2.76. The highest BCUT2D eigenvalue weighted by Crippen LogP contribution is 2.28. The van der Waals surface area contributed by atoms with Crippen LogP contribution in [0.15, 0.2) is 6.33 Å². The van der Waals surface area contributed by atoms with Crippen LogP contribution in [0, 0.1) is 0 Å². The summed E-state index contributed by atoms with van der Waals surface area (Å²) in [6, 6.07) is 0. The van der Waals surface area contributed by atoms with E-state index in [-0.39, 0.29) is 6.61 Å². The van der Waals surface area contributed by atoms with Crippen LogP contribution >= 0.6 is 0 Å². The van der Waals surface area contributed by atoms with E-state index in [1.54, 1.807) is 11.9 Å². The fraction of sp³-hybridized carbons (Fsp3) is 0.500. The van der Waals surface area contributed by atoms with Crippen LogP contribution in [0.1, 0.15) is 0 Å². The molecule has 1 heterocycles. The highest BCUT2D eigenvalue weighted by molar-refractivity contribution is 5.62. The number of aliphatic hydroxyl groups excluding tert-OH is 1. The van der Waals surface area contributed by atoms with Crippen LogP contribution in [-0.4, -0.2) is 42.4 Å². The smallest absolute Gasteiger partial charge is 0.204 e. The van der Waals surface area contributed by atoms with Gasteiger partial charge in [0, 0.05) is 13.6 Å². The second-order valence-electron chi connectivity index (χ2n) is 2.76. The van der Waals surface area contributed by atoms with Crippen molar-refractivity contribution in [3.8, 4) is 5.75 Å². The molecule has 0 bridgehead atoms. The van der Waals surface area contributed by atoms with Gasteiger partial charge in [0.15, 0.2) is 11.6 Å². The first-order valence-corrected chi connectivity index (χ1v) is 4.17. The van der Waals surface area contributed by atoms with E-state index in [0.29, 0.717) is 23.9 Å². The van der Waals surface area contributed by atoms with E-state index in [9.17, 15) is 0 Å². The fourth-order valence-electron chi connectivity index (χ4n) is 1.10. The van der Waals surface area contributed by atoms with E-state index < -0.39 is 0 Å². The standard InChI is InChI=1S/C8H14N4O2/c1-12(3-4-13)8-6(14-2)7(9)10-5-11-8/h5,13H,3-4H2,1-2H3,(H2,9,10,11). The van der Waals surface area contributed by atoms with Gasteiger partial charge in [-0.3, -0.25) is 0 Å². The number of likely N-dealkylation sites (N-methyl/N-ethyl adjacent to an activating group) is 1. The number of nitrogen functional groups attached to an aromatic ring is 1.